The molecule has 0 spiro atoms. The quantitative estimate of drug-likeness (QED) is 0.451. The summed E-state index contributed by atoms with van der Waals surface area (Å²) >= 11 is 0. The number of Topliss-reactive ketones (excluding diaryl/α,β-unsaturated/α-hetero) is 1. The van der Waals surface area contributed by atoms with Gasteiger partial charge in [-0.2, -0.15) is 0 Å². The molecule has 8 heteroatoms. The molecule has 0 saturated carbocycles. The van der Waals surface area contributed by atoms with Gasteiger partial charge in [-0.1, -0.05) is 40.2 Å². The van der Waals surface area contributed by atoms with Gasteiger partial charge in [-0.3, -0.25) is 9.59 Å². The summed E-state index contributed by atoms with van der Waals surface area (Å²) in [6, 6.07) is 5.83. The lowest BCUT2D eigenvalue weighted by molar-refractivity contribution is -0.156. The van der Waals surface area contributed by atoms with Crippen molar-refractivity contribution in [3.8, 4) is 0 Å². The summed E-state index contributed by atoms with van der Waals surface area (Å²) in [4.78, 5) is 30.7. The average molecular weight is 501 g/mol. The number of ether oxygens (including phenoxy) is 2. The van der Waals surface area contributed by atoms with Crippen LogP contribution in [0.5, 0.6) is 0 Å². The molecule has 0 bridgehead atoms. The summed E-state index contributed by atoms with van der Waals surface area (Å²) < 4.78 is 13.9. The Morgan fingerprint density at radius 2 is 1.86 bits per heavy atom. The molecule has 2 N–H and O–H groups in total. The Morgan fingerprint density at radius 1 is 1.14 bits per heavy atom. The van der Waals surface area contributed by atoms with Crippen LogP contribution in [0.25, 0.3) is 11.0 Å². The number of imidazole rings is 1. The van der Waals surface area contributed by atoms with Crippen LogP contribution < -0.4 is 0 Å². The first kappa shape index (κ1) is 26.8. The first-order chi connectivity index (χ1) is 16.8. The van der Waals surface area contributed by atoms with Crippen molar-refractivity contribution in [1.82, 2.24) is 9.55 Å². The van der Waals surface area contributed by atoms with Gasteiger partial charge >= 0.3 is 5.97 Å². The molecule has 3 unspecified atom stereocenters. The molecule has 7 atom stereocenters. The third-order valence-electron chi connectivity index (χ3n) is 8.53. The van der Waals surface area contributed by atoms with Gasteiger partial charge in [-0.05, 0) is 43.4 Å². The summed E-state index contributed by atoms with van der Waals surface area (Å²) in [5.41, 5.74) is 1.09. The van der Waals surface area contributed by atoms with E-state index in [1.807, 2.05) is 36.7 Å². The summed E-state index contributed by atoms with van der Waals surface area (Å²) in [6.45, 7) is 8.97. The molecule has 0 aliphatic carbocycles. The predicted octanol–water partition coefficient (Wildman–Crippen LogP) is 3.87. The van der Waals surface area contributed by atoms with Crippen molar-refractivity contribution >= 4 is 22.8 Å². The van der Waals surface area contributed by atoms with E-state index in [4.69, 9.17) is 9.47 Å². The number of aromatic nitrogens is 2. The number of cyclic esters (lactones) is 1. The molecule has 2 aliphatic heterocycles. The van der Waals surface area contributed by atoms with Crippen molar-refractivity contribution in [2.24, 2.45) is 24.3 Å². The first-order valence-electron chi connectivity index (χ1n) is 13.0. The van der Waals surface area contributed by atoms with Crippen LogP contribution in [0.4, 0.5) is 0 Å². The second-order valence-corrected chi connectivity index (χ2v) is 11.7. The van der Waals surface area contributed by atoms with Gasteiger partial charge in [-0.15, -0.1) is 0 Å². The number of hydrogen-bond donors (Lipinski definition) is 2. The highest BCUT2D eigenvalue weighted by molar-refractivity contribution is 5.88. The SMILES string of the molecule is CC1CCC[C@@]2(C)O[C@H]2C[C@@H](c2ccc3c(c2)ncn3C)OC(=O)CC(O)C(C)(C)C(=O)C(C)[C@H]1O. The minimum absolute atomic E-state index is 0.0651. The number of benzene rings is 1. The van der Waals surface area contributed by atoms with Crippen LogP contribution in [-0.4, -0.2) is 55.4 Å². The lowest BCUT2D eigenvalue weighted by atomic mass is 9.73. The van der Waals surface area contributed by atoms with Gasteiger partial charge in [0.2, 0.25) is 0 Å². The number of epoxide rings is 1. The Balaban J connectivity index is 1.62. The maximum Gasteiger partial charge on any atom is 0.309 e. The van der Waals surface area contributed by atoms with Crippen LogP contribution in [0, 0.1) is 17.3 Å². The lowest BCUT2D eigenvalue weighted by Crippen LogP contribution is -2.45. The smallest absolute Gasteiger partial charge is 0.309 e. The predicted molar refractivity (Wildman–Crippen MR) is 135 cm³/mol. The van der Waals surface area contributed by atoms with Crippen molar-refractivity contribution in [1.29, 1.82) is 0 Å². The first-order valence-corrected chi connectivity index (χ1v) is 13.0. The minimum Gasteiger partial charge on any atom is -0.457 e. The Hall–Kier alpha value is -2.29. The zero-order chi connectivity index (χ0) is 26.4. The van der Waals surface area contributed by atoms with Gasteiger partial charge in [0, 0.05) is 19.4 Å². The van der Waals surface area contributed by atoms with Crippen molar-refractivity contribution in [3.05, 3.63) is 30.1 Å². The van der Waals surface area contributed by atoms with Crippen LogP contribution in [0.15, 0.2) is 24.5 Å². The topological polar surface area (TPSA) is 114 Å². The molecule has 4 rings (SSSR count). The highest BCUT2D eigenvalue weighted by Crippen LogP contribution is 2.46. The maximum atomic E-state index is 13.3. The number of aryl methyl sites for hydroxylation is 1. The van der Waals surface area contributed by atoms with E-state index in [0.717, 1.165) is 35.9 Å². The van der Waals surface area contributed by atoms with E-state index < -0.39 is 35.6 Å². The fraction of sp³-hybridized carbons (Fsp3) is 0.679. The number of rotatable bonds is 1. The summed E-state index contributed by atoms with van der Waals surface area (Å²) in [5.74, 6) is -1.57. The molecule has 2 aliphatic rings. The summed E-state index contributed by atoms with van der Waals surface area (Å²) in [7, 11) is 1.93. The fourth-order valence-electron chi connectivity index (χ4n) is 5.57. The molecular weight excluding hydrogens is 460 g/mol. The molecule has 198 valence electrons. The van der Waals surface area contributed by atoms with Crippen molar-refractivity contribution in [2.75, 3.05) is 0 Å². The number of hydrogen-bond acceptors (Lipinski definition) is 7. The molecule has 0 radical (unpaired) electrons. The summed E-state index contributed by atoms with van der Waals surface area (Å²) in [6.07, 6.45) is 1.67. The molecule has 36 heavy (non-hydrogen) atoms. The highest BCUT2D eigenvalue weighted by Gasteiger charge is 2.53. The third-order valence-corrected chi connectivity index (χ3v) is 8.53. The van der Waals surface area contributed by atoms with E-state index in [2.05, 4.69) is 11.9 Å². The number of nitrogens with zero attached hydrogens (tertiary/aromatic N) is 2. The normalized spacial score (nSPS) is 36.3. The average Bonchev–Trinajstić information content (AvgIpc) is 3.31. The van der Waals surface area contributed by atoms with Gasteiger partial charge < -0.3 is 24.3 Å². The standard InChI is InChI=1S/C28H40N2O6/c1-16-8-7-11-28(5)23(36-28)13-21(18-9-10-20-19(12-18)29-15-30(20)6)35-24(32)14-22(31)27(3,4)26(34)17(2)25(16)33/h9-10,12,15-17,21-23,25,31,33H,7-8,11,13-14H2,1-6H3/t16?,17?,21-,22?,23-,25-,28+/m0/s1. The minimum atomic E-state index is -1.24. The van der Waals surface area contributed by atoms with Gasteiger partial charge in [0.15, 0.2) is 0 Å². The van der Waals surface area contributed by atoms with Gasteiger partial charge in [0.05, 0.1) is 53.1 Å². The molecular formula is C28H40N2O6. The molecule has 2 saturated heterocycles. The number of fused-ring (bicyclic) bond motifs is 2. The second-order valence-electron chi connectivity index (χ2n) is 11.7. The number of carbonyl (C=O) groups excluding carboxylic acids is 2. The van der Waals surface area contributed by atoms with E-state index in [9.17, 15) is 19.8 Å². The van der Waals surface area contributed by atoms with E-state index in [1.165, 1.54) is 0 Å². The van der Waals surface area contributed by atoms with E-state index in [0.29, 0.717) is 6.42 Å². The zero-order valence-corrected chi connectivity index (χ0v) is 22.2. The maximum absolute atomic E-state index is 13.3. The Kier molecular flexibility index (Phi) is 7.34. The van der Waals surface area contributed by atoms with E-state index >= 15 is 0 Å². The molecule has 1 aromatic carbocycles. The Morgan fingerprint density at radius 3 is 2.58 bits per heavy atom. The van der Waals surface area contributed by atoms with Gasteiger partial charge in [0.25, 0.3) is 0 Å². The number of ketones is 1. The van der Waals surface area contributed by atoms with Crippen molar-refractivity contribution in [3.63, 3.8) is 0 Å². The van der Waals surface area contributed by atoms with Gasteiger partial charge in [-0.25, -0.2) is 4.98 Å². The number of aliphatic hydroxyl groups is 2. The number of esters is 1. The van der Waals surface area contributed by atoms with E-state index in [1.54, 1.807) is 27.1 Å². The largest absolute Gasteiger partial charge is 0.457 e. The van der Waals surface area contributed by atoms with Crippen LogP contribution in [-0.2, 0) is 26.1 Å². The van der Waals surface area contributed by atoms with Crippen LogP contribution >= 0.6 is 0 Å². The van der Waals surface area contributed by atoms with Crippen LogP contribution in [0.2, 0.25) is 0 Å². The fourth-order valence-corrected chi connectivity index (χ4v) is 5.57. The molecule has 2 aromatic rings. The van der Waals surface area contributed by atoms with Crippen LogP contribution in [0.1, 0.15) is 78.4 Å². The second kappa shape index (κ2) is 9.88. The van der Waals surface area contributed by atoms with Crippen molar-refractivity contribution < 1.29 is 29.3 Å². The van der Waals surface area contributed by atoms with Crippen LogP contribution in [0.3, 0.4) is 0 Å². The molecule has 1 aromatic heterocycles. The Labute approximate surface area is 213 Å². The molecule has 8 nitrogen and oxygen atoms in total. The lowest BCUT2D eigenvalue weighted by Gasteiger charge is -2.34. The van der Waals surface area contributed by atoms with Gasteiger partial charge in [0.1, 0.15) is 11.9 Å². The molecule has 2 fully saturated rings. The Bertz CT molecular complexity index is 1130. The monoisotopic (exact) mass is 500 g/mol. The van der Waals surface area contributed by atoms with E-state index in [-0.39, 0.29) is 29.8 Å². The van der Waals surface area contributed by atoms with Crippen molar-refractivity contribution in [2.45, 2.75) is 96.7 Å². The highest BCUT2D eigenvalue weighted by atomic mass is 16.6. The molecule has 0 amide bonds. The summed E-state index contributed by atoms with van der Waals surface area (Å²) in [5, 5.41) is 21.8. The number of aliphatic hydroxyl groups excluding tert-OH is 2. The molecule has 3 heterocycles. The third kappa shape index (κ3) is 5.22. The zero-order valence-electron chi connectivity index (χ0n) is 22.2. The number of carbonyl (C=O) groups is 2.